The average molecular weight is 400 g/mol. The van der Waals surface area contributed by atoms with Crippen LogP contribution in [0.2, 0.25) is 0 Å². The van der Waals surface area contributed by atoms with Crippen molar-refractivity contribution in [1.82, 2.24) is 0 Å². The van der Waals surface area contributed by atoms with Crippen LogP contribution in [-0.4, -0.2) is 0 Å². The van der Waals surface area contributed by atoms with Gasteiger partial charge in [0.25, 0.3) is 0 Å². The molecule has 0 saturated carbocycles. The Bertz CT molecular complexity index is 580. The molecule has 0 unspecified atom stereocenters. The minimum absolute atomic E-state index is 0.446. The Balaban J connectivity index is 0.000000433. The van der Waals surface area contributed by atoms with Gasteiger partial charge in [0.2, 0.25) is 0 Å². The topological polar surface area (TPSA) is 0 Å². The molecule has 0 N–H and O–H groups in total. The molecule has 0 amide bonds. The van der Waals surface area contributed by atoms with Gasteiger partial charge in [-0.2, -0.15) is 0 Å². The van der Waals surface area contributed by atoms with Gasteiger partial charge in [-0.25, -0.2) is 0 Å². The fourth-order valence-corrected chi connectivity index (χ4v) is 4.48. The van der Waals surface area contributed by atoms with Gasteiger partial charge in [0.15, 0.2) is 5.98 Å². The molecule has 0 saturated heterocycles. The summed E-state index contributed by atoms with van der Waals surface area (Å²) in [7, 11) is -0.446. The third-order valence-electron chi connectivity index (χ3n) is 3.04. The van der Waals surface area contributed by atoms with Crippen molar-refractivity contribution in [1.29, 1.82) is 0 Å². The molecular weight excluding hydrogens is 385 g/mol. The molecule has 0 aromatic heterocycles. The van der Waals surface area contributed by atoms with Crippen LogP contribution in [-0.2, 0) is 0 Å². The van der Waals surface area contributed by atoms with Crippen LogP contribution in [0.3, 0.4) is 0 Å². The second kappa shape index (κ2) is 10.3. The zero-order valence-electron chi connectivity index (χ0n) is 12.2. The van der Waals surface area contributed by atoms with Gasteiger partial charge in [-0.3, -0.25) is 0 Å². The summed E-state index contributed by atoms with van der Waals surface area (Å²) in [6, 6.07) is 32.3. The van der Waals surface area contributed by atoms with Crippen LogP contribution in [0.4, 0.5) is 0 Å². The number of hydrogen-bond donors (Lipinski definition) is 0. The molecule has 3 aromatic carbocycles. The van der Waals surface area contributed by atoms with Gasteiger partial charge in [-0.1, -0.05) is 125 Å². The second-order valence-corrected chi connectivity index (χ2v) is 11.7. The van der Waals surface area contributed by atoms with E-state index in [4.69, 9.17) is 33.7 Å². The normalized spacial score (nSPS) is 10.3. The van der Waals surface area contributed by atoms with E-state index in [0.717, 1.165) is 0 Å². The summed E-state index contributed by atoms with van der Waals surface area (Å²) in [6.07, 6.45) is 0. The first kappa shape index (κ1) is 18.7. The summed E-state index contributed by atoms with van der Waals surface area (Å²) in [4.78, 5) is 0. The maximum absolute atomic E-state index is 4.87. The van der Waals surface area contributed by atoms with Crippen molar-refractivity contribution in [2.75, 3.05) is 0 Å². The third-order valence-corrected chi connectivity index (χ3v) is 5.49. The lowest BCUT2D eigenvalue weighted by atomic mass is 10.4. The lowest BCUT2D eigenvalue weighted by Crippen LogP contribution is -2.20. The van der Waals surface area contributed by atoms with Crippen LogP contribution in [0.25, 0.3) is 0 Å². The monoisotopic (exact) mass is 398 g/mol. The highest BCUT2D eigenvalue weighted by atomic mass is 36.0. The van der Waals surface area contributed by atoms with Crippen molar-refractivity contribution in [3.8, 4) is 0 Å². The van der Waals surface area contributed by atoms with E-state index in [1.807, 2.05) is 0 Å². The molecule has 0 aliphatic rings. The number of rotatable bonds is 3. The molecule has 0 nitrogen and oxygen atoms in total. The number of hydrogen-bond acceptors (Lipinski definition) is 0. The van der Waals surface area contributed by atoms with E-state index in [0.29, 0.717) is 0 Å². The summed E-state index contributed by atoms with van der Waals surface area (Å²) in [5.41, 5.74) is 0. The molecule has 0 heterocycles. The molecule has 0 spiro atoms. The number of benzene rings is 3. The Labute approximate surface area is 154 Å². The van der Waals surface area contributed by atoms with Crippen LogP contribution in [0.15, 0.2) is 91.0 Å². The Morgan fingerprint density at radius 2 is 0.652 bits per heavy atom. The third kappa shape index (κ3) is 6.42. The highest BCUT2D eigenvalue weighted by Gasteiger charge is 2.14. The van der Waals surface area contributed by atoms with E-state index in [1.54, 1.807) is 0 Å². The summed E-state index contributed by atoms with van der Waals surface area (Å²) < 4.78 is 0. The summed E-state index contributed by atoms with van der Waals surface area (Å²) in [5.74, 6) is -1.20. The first-order valence-corrected chi connectivity index (χ1v) is 12.3. The Kier molecular flexibility index (Phi) is 8.38. The van der Waals surface area contributed by atoms with Crippen molar-refractivity contribution in [2.45, 2.75) is 0 Å². The maximum Gasteiger partial charge on any atom is 0.179 e. The minimum atomic E-state index is -1.20. The van der Waals surface area contributed by atoms with E-state index in [1.165, 1.54) is 15.9 Å². The highest BCUT2D eigenvalue weighted by molar-refractivity contribution is 8.20. The van der Waals surface area contributed by atoms with E-state index in [-0.39, 0.29) is 0 Å². The molecule has 3 aromatic rings. The fraction of sp³-hybridized carbons (Fsp3) is 0. The van der Waals surface area contributed by atoms with Crippen LogP contribution >= 0.6 is 47.6 Å². The van der Waals surface area contributed by atoms with Crippen molar-refractivity contribution >= 4 is 63.5 Å². The lowest BCUT2D eigenvalue weighted by Gasteiger charge is -2.18. The molecule has 5 heteroatoms. The molecule has 0 fully saturated rings. The molecule has 3 rings (SSSR count). The van der Waals surface area contributed by atoms with Crippen LogP contribution < -0.4 is 15.9 Å². The molecule has 0 aliphatic carbocycles. The van der Waals surface area contributed by atoms with Crippen molar-refractivity contribution in [2.24, 2.45) is 0 Å². The molecule has 118 valence electrons. The van der Waals surface area contributed by atoms with Gasteiger partial charge in [-0.15, -0.1) is 0 Å². The fourth-order valence-electron chi connectivity index (χ4n) is 2.18. The van der Waals surface area contributed by atoms with Crippen molar-refractivity contribution in [3.63, 3.8) is 0 Å². The first-order chi connectivity index (χ1) is 11.2. The van der Waals surface area contributed by atoms with Gasteiger partial charge in [0, 0.05) is 0 Å². The predicted octanol–water partition coefficient (Wildman–Crippen LogP) is 6.37. The van der Waals surface area contributed by atoms with E-state index < -0.39 is 13.9 Å². The zero-order chi connectivity index (χ0) is 16.5. The average Bonchev–Trinajstić information content (AvgIpc) is 2.58. The Hall–Kier alpha value is -0.610. The van der Waals surface area contributed by atoms with E-state index in [2.05, 4.69) is 91.0 Å². The smallest absolute Gasteiger partial charge is 0.0622 e. The molecule has 0 radical (unpaired) electrons. The van der Waals surface area contributed by atoms with Crippen molar-refractivity contribution in [3.05, 3.63) is 91.0 Å². The highest BCUT2D eigenvalue weighted by Crippen LogP contribution is 2.51. The predicted molar refractivity (Wildman–Crippen MR) is 110 cm³/mol. The lowest BCUT2D eigenvalue weighted by molar-refractivity contribution is 1.74. The molecule has 0 bridgehead atoms. The van der Waals surface area contributed by atoms with E-state index in [9.17, 15) is 0 Å². The Morgan fingerprint density at radius 1 is 0.435 bits per heavy atom. The quantitative estimate of drug-likeness (QED) is 0.449. The summed E-state index contributed by atoms with van der Waals surface area (Å²) in [5, 5.41) is 4.19. The molecule has 0 atom stereocenters. The molecule has 0 aliphatic heterocycles. The maximum atomic E-state index is 4.87. The molecular formula is C18H15Cl3P2. The SMILES string of the molecule is ClP(Cl)Cl.c1ccc(P(c2ccccc2)c2ccccc2)cc1. The minimum Gasteiger partial charge on any atom is -0.0622 e. The summed E-state index contributed by atoms with van der Waals surface area (Å²) in [6.45, 7) is 0. The molecule has 23 heavy (non-hydrogen) atoms. The van der Waals surface area contributed by atoms with Crippen LogP contribution in [0, 0.1) is 0 Å². The largest absolute Gasteiger partial charge is 0.179 e. The Morgan fingerprint density at radius 3 is 0.870 bits per heavy atom. The first-order valence-electron chi connectivity index (χ1n) is 6.91. The van der Waals surface area contributed by atoms with Gasteiger partial charge in [0.1, 0.15) is 0 Å². The summed E-state index contributed by atoms with van der Waals surface area (Å²) >= 11 is 14.6. The number of halogens is 3. The standard InChI is InChI=1S/C18H15P.Cl3P/c1-4-10-16(11-5-1)19(17-12-6-2-7-13-17)18-14-8-3-9-15-18;1-4(2)3/h1-15H;. The van der Waals surface area contributed by atoms with Crippen molar-refractivity contribution < 1.29 is 0 Å². The van der Waals surface area contributed by atoms with Crippen LogP contribution in [0.5, 0.6) is 0 Å². The second-order valence-electron chi connectivity index (χ2n) is 4.53. The van der Waals surface area contributed by atoms with Gasteiger partial charge >= 0.3 is 0 Å². The van der Waals surface area contributed by atoms with Crippen LogP contribution in [0.1, 0.15) is 0 Å². The van der Waals surface area contributed by atoms with E-state index >= 15 is 0 Å². The van der Waals surface area contributed by atoms with Gasteiger partial charge in [-0.05, 0) is 23.8 Å². The van der Waals surface area contributed by atoms with Gasteiger partial charge < -0.3 is 0 Å². The van der Waals surface area contributed by atoms with Gasteiger partial charge in [0.05, 0.1) is 0 Å². The zero-order valence-corrected chi connectivity index (χ0v) is 16.2.